The van der Waals surface area contributed by atoms with Gasteiger partial charge in [0.05, 0.1) is 11.0 Å². The number of nitriles is 2. The number of hydrogen-bond donors (Lipinski definition) is 0. The van der Waals surface area contributed by atoms with Crippen molar-refractivity contribution in [2.45, 2.75) is 49.6 Å². The van der Waals surface area contributed by atoms with Crippen molar-refractivity contribution in [3.05, 3.63) is 27.1 Å². The molecule has 2 rings (SSSR count). The molecule has 0 N–H and O–H groups in total. The molecule has 1 fully saturated rings. The summed E-state index contributed by atoms with van der Waals surface area (Å²) >= 11 is 6.67. The van der Waals surface area contributed by atoms with E-state index < -0.39 is 10.0 Å². The first kappa shape index (κ1) is 21.2. The Bertz CT molecular complexity index is 832. The summed E-state index contributed by atoms with van der Waals surface area (Å²) < 4.78 is 29.4. The molecular weight excluding hydrogens is 484 g/mol. The minimum Gasteiger partial charge on any atom is -0.306 e. The number of rotatable bonds is 7. The lowest BCUT2D eigenvalue weighted by molar-refractivity contribution is 0.313. The van der Waals surface area contributed by atoms with Crippen LogP contribution in [0.1, 0.15) is 32.6 Å². The fraction of sp³-hybridized carbons (Fsp3) is 0.529. The van der Waals surface area contributed by atoms with Crippen LogP contribution < -0.4 is 0 Å². The fourth-order valence-electron chi connectivity index (χ4n) is 3.12. The highest BCUT2D eigenvalue weighted by molar-refractivity contribution is 9.11. The van der Waals surface area contributed by atoms with Gasteiger partial charge in [-0.05, 0) is 60.3 Å². The van der Waals surface area contributed by atoms with Crippen molar-refractivity contribution >= 4 is 41.9 Å². The van der Waals surface area contributed by atoms with Gasteiger partial charge in [-0.2, -0.15) is 14.8 Å². The lowest BCUT2D eigenvalue weighted by Gasteiger charge is -2.28. The molecule has 1 aliphatic heterocycles. The third-order valence-corrected chi connectivity index (χ3v) is 7.92. The average Bonchev–Trinajstić information content (AvgIpc) is 2.97. The Morgan fingerprint density at radius 3 is 2.65 bits per heavy atom. The highest BCUT2D eigenvalue weighted by Crippen LogP contribution is 2.32. The van der Waals surface area contributed by atoms with Gasteiger partial charge >= 0.3 is 0 Å². The third-order valence-electron chi connectivity index (χ3n) is 4.49. The maximum absolute atomic E-state index is 13.4. The van der Waals surface area contributed by atoms with E-state index in [4.69, 9.17) is 5.26 Å². The van der Waals surface area contributed by atoms with Crippen LogP contribution in [0.15, 0.2) is 32.0 Å². The summed E-state index contributed by atoms with van der Waals surface area (Å²) in [5.41, 5.74) is 0. The van der Waals surface area contributed by atoms with Gasteiger partial charge in [0.2, 0.25) is 10.0 Å². The van der Waals surface area contributed by atoms with Crippen molar-refractivity contribution in [3.8, 4) is 12.3 Å². The fourth-order valence-corrected chi connectivity index (χ4v) is 6.25. The molecule has 1 aliphatic rings. The standard InChI is InChI=1S/C17H20Br2N4O2S/c1-13-9-15(11-22(13)12-21)23(8-4-2-3-7-20)26(24,25)17-10-14(18)5-6-16(17)19/h5-6,10,13,15H,2-4,8-9,11H2,1H3/t13-,15-/m0/s1. The monoisotopic (exact) mass is 502 g/mol. The molecule has 1 aromatic carbocycles. The smallest absolute Gasteiger partial charge is 0.244 e. The predicted molar refractivity (Wildman–Crippen MR) is 105 cm³/mol. The topological polar surface area (TPSA) is 88.2 Å². The van der Waals surface area contributed by atoms with Gasteiger partial charge in [0.1, 0.15) is 0 Å². The summed E-state index contributed by atoms with van der Waals surface area (Å²) in [4.78, 5) is 1.83. The SMILES string of the molecule is C[C@H]1C[C@H](N(CCCCC#N)S(=O)(=O)c2cc(Br)ccc2Br)CN1C#N. The molecule has 1 aromatic rings. The van der Waals surface area contributed by atoms with Crippen LogP contribution in [-0.2, 0) is 10.0 Å². The maximum Gasteiger partial charge on any atom is 0.244 e. The van der Waals surface area contributed by atoms with Crippen molar-refractivity contribution < 1.29 is 8.42 Å². The molecule has 140 valence electrons. The highest BCUT2D eigenvalue weighted by Gasteiger charge is 2.39. The first-order valence-corrected chi connectivity index (χ1v) is 11.3. The van der Waals surface area contributed by atoms with E-state index in [1.165, 1.54) is 4.31 Å². The van der Waals surface area contributed by atoms with Crippen LogP contribution in [0.5, 0.6) is 0 Å². The van der Waals surface area contributed by atoms with Crippen LogP contribution >= 0.6 is 31.9 Å². The van der Waals surface area contributed by atoms with Gasteiger partial charge in [-0.25, -0.2) is 8.42 Å². The van der Waals surface area contributed by atoms with Crippen LogP contribution in [0.4, 0.5) is 0 Å². The Kier molecular flexibility index (Phi) is 7.48. The molecule has 2 atom stereocenters. The number of nitrogens with zero attached hydrogens (tertiary/aromatic N) is 4. The van der Waals surface area contributed by atoms with Crippen LogP contribution in [0, 0.1) is 22.8 Å². The molecule has 0 bridgehead atoms. The van der Waals surface area contributed by atoms with Gasteiger partial charge in [0, 0.05) is 40.5 Å². The molecule has 0 aliphatic carbocycles. The quantitative estimate of drug-likeness (QED) is 0.416. The lowest BCUT2D eigenvalue weighted by atomic mass is 10.2. The van der Waals surface area contributed by atoms with Crippen LogP contribution in [0.2, 0.25) is 0 Å². The maximum atomic E-state index is 13.4. The molecule has 0 aromatic heterocycles. The second-order valence-electron chi connectivity index (χ2n) is 6.30. The van der Waals surface area contributed by atoms with Crippen molar-refractivity contribution in [3.63, 3.8) is 0 Å². The normalized spacial score (nSPS) is 20.2. The zero-order chi connectivity index (χ0) is 19.3. The number of halogens is 2. The molecule has 6 nitrogen and oxygen atoms in total. The van der Waals surface area contributed by atoms with Gasteiger partial charge in [0.15, 0.2) is 6.19 Å². The van der Waals surface area contributed by atoms with Crippen molar-refractivity contribution in [1.82, 2.24) is 9.21 Å². The van der Waals surface area contributed by atoms with Crippen molar-refractivity contribution in [2.24, 2.45) is 0 Å². The second kappa shape index (κ2) is 9.18. The average molecular weight is 504 g/mol. The second-order valence-corrected chi connectivity index (χ2v) is 9.93. The van der Waals surface area contributed by atoms with Gasteiger partial charge in [-0.1, -0.05) is 15.9 Å². The molecule has 0 saturated carbocycles. The largest absolute Gasteiger partial charge is 0.306 e. The Balaban J connectivity index is 2.35. The molecule has 1 saturated heterocycles. The van der Waals surface area contributed by atoms with Gasteiger partial charge in [-0.3, -0.25) is 0 Å². The van der Waals surface area contributed by atoms with Crippen LogP contribution in [0.25, 0.3) is 0 Å². The van der Waals surface area contributed by atoms with Gasteiger partial charge in [0.25, 0.3) is 0 Å². The van der Waals surface area contributed by atoms with Crippen molar-refractivity contribution in [1.29, 1.82) is 10.5 Å². The van der Waals surface area contributed by atoms with E-state index in [1.807, 2.05) is 6.92 Å². The van der Waals surface area contributed by atoms with E-state index in [-0.39, 0.29) is 17.0 Å². The Morgan fingerprint density at radius 1 is 1.31 bits per heavy atom. The lowest BCUT2D eigenvalue weighted by Crippen LogP contribution is -2.42. The number of likely N-dealkylation sites (tertiary alicyclic amines) is 1. The zero-order valence-corrected chi connectivity index (χ0v) is 18.4. The molecule has 0 amide bonds. The number of benzene rings is 1. The summed E-state index contributed by atoms with van der Waals surface area (Å²) in [6.07, 6.45) is 4.40. The molecule has 0 unspecified atom stereocenters. The number of sulfonamides is 1. The van der Waals surface area contributed by atoms with Crippen molar-refractivity contribution in [2.75, 3.05) is 13.1 Å². The summed E-state index contributed by atoms with van der Waals surface area (Å²) in [7, 11) is -3.74. The van der Waals surface area contributed by atoms with E-state index >= 15 is 0 Å². The number of unbranched alkanes of at least 4 members (excludes halogenated alkanes) is 2. The molecule has 0 radical (unpaired) electrons. The summed E-state index contributed by atoms with van der Waals surface area (Å²) in [5.74, 6) is 0. The first-order chi connectivity index (χ1) is 12.3. The zero-order valence-electron chi connectivity index (χ0n) is 14.4. The minimum atomic E-state index is -3.74. The van der Waals surface area contributed by atoms with E-state index in [0.29, 0.717) is 47.7 Å². The summed E-state index contributed by atoms with van der Waals surface area (Å²) in [6.45, 7) is 2.65. The molecule has 26 heavy (non-hydrogen) atoms. The van der Waals surface area contributed by atoms with Crippen LogP contribution in [-0.4, -0.2) is 42.8 Å². The van der Waals surface area contributed by atoms with Gasteiger partial charge < -0.3 is 4.90 Å². The third kappa shape index (κ3) is 4.77. The summed E-state index contributed by atoms with van der Waals surface area (Å²) in [6, 6.07) is 6.89. The first-order valence-electron chi connectivity index (χ1n) is 8.31. The Morgan fingerprint density at radius 2 is 2.04 bits per heavy atom. The van der Waals surface area contributed by atoms with E-state index in [0.717, 1.165) is 0 Å². The molecule has 9 heteroatoms. The van der Waals surface area contributed by atoms with Crippen LogP contribution in [0.3, 0.4) is 0 Å². The molecule has 1 heterocycles. The predicted octanol–water partition coefficient (Wildman–Crippen LogP) is 3.84. The molecular formula is C17H20Br2N4O2S. The number of hydrogen-bond acceptors (Lipinski definition) is 5. The van der Waals surface area contributed by atoms with E-state index in [9.17, 15) is 13.7 Å². The van der Waals surface area contributed by atoms with E-state index in [2.05, 4.69) is 44.1 Å². The highest BCUT2D eigenvalue weighted by atomic mass is 79.9. The van der Waals surface area contributed by atoms with E-state index in [1.54, 1.807) is 23.1 Å². The van der Waals surface area contributed by atoms with Gasteiger partial charge in [-0.15, -0.1) is 0 Å². The minimum absolute atomic E-state index is 0.00718. The Labute approximate surface area is 171 Å². The molecule has 0 spiro atoms. The Hall–Kier alpha value is -1.13. The summed E-state index contributed by atoms with van der Waals surface area (Å²) in [5, 5.41) is 18.0.